The smallest absolute Gasteiger partial charge is 0.416 e. The number of aliphatic hydroxyl groups is 1. The standard InChI is InChI=1S/C33H44N4O6S/c1-23(2)37(44(41,42)29-20-18-27(34)19-21-29)28(22-38)17-11-12-24(3)36(33(40)43-4)32(39)31(35)30(25-13-7-5-8-14-25)26-15-9-6-10-16-26/h5-10,13-16,18-21,23-24,28,30-31,38H,11-12,17,22,34-35H2,1-4H3/t24-,28-,31-/m0/s1. The van der Waals surface area contributed by atoms with Gasteiger partial charge in [-0.2, -0.15) is 4.31 Å². The summed E-state index contributed by atoms with van der Waals surface area (Å²) in [5, 5.41) is 10.3. The number of aliphatic hydroxyl groups excluding tert-OH is 1. The van der Waals surface area contributed by atoms with Gasteiger partial charge < -0.3 is 21.3 Å². The summed E-state index contributed by atoms with van der Waals surface area (Å²) >= 11 is 0. The molecule has 3 aromatic carbocycles. The Morgan fingerprint density at radius 1 is 0.864 bits per heavy atom. The third-order valence-electron chi connectivity index (χ3n) is 7.71. The molecule has 238 valence electrons. The number of benzene rings is 3. The van der Waals surface area contributed by atoms with E-state index < -0.39 is 58.7 Å². The van der Waals surface area contributed by atoms with Crippen LogP contribution in [0.15, 0.2) is 89.8 Å². The van der Waals surface area contributed by atoms with E-state index in [-0.39, 0.29) is 4.90 Å². The maximum Gasteiger partial charge on any atom is 0.416 e. The van der Waals surface area contributed by atoms with E-state index in [0.717, 1.165) is 16.0 Å². The number of methoxy groups -OCH3 is 1. The molecule has 0 bridgehead atoms. The highest BCUT2D eigenvalue weighted by molar-refractivity contribution is 7.89. The number of anilines is 1. The van der Waals surface area contributed by atoms with Crippen molar-refractivity contribution in [2.45, 2.75) is 75.0 Å². The third kappa shape index (κ3) is 8.23. The van der Waals surface area contributed by atoms with Gasteiger partial charge >= 0.3 is 6.09 Å². The fraction of sp³-hybridized carbons (Fsp3) is 0.394. The number of carbonyl (C=O) groups is 2. The molecule has 44 heavy (non-hydrogen) atoms. The van der Waals surface area contributed by atoms with Crippen LogP contribution in [0.3, 0.4) is 0 Å². The van der Waals surface area contributed by atoms with Crippen molar-refractivity contribution >= 4 is 27.7 Å². The minimum absolute atomic E-state index is 0.0788. The molecule has 0 aliphatic heterocycles. The van der Waals surface area contributed by atoms with Gasteiger partial charge in [0.15, 0.2) is 0 Å². The van der Waals surface area contributed by atoms with Gasteiger partial charge in [0.2, 0.25) is 15.9 Å². The molecule has 3 aromatic rings. The lowest BCUT2D eigenvalue weighted by atomic mass is 9.84. The van der Waals surface area contributed by atoms with Crippen LogP contribution in [0.4, 0.5) is 10.5 Å². The summed E-state index contributed by atoms with van der Waals surface area (Å²) in [7, 11) is -2.73. The molecule has 10 nitrogen and oxygen atoms in total. The fourth-order valence-corrected chi connectivity index (χ4v) is 7.39. The van der Waals surface area contributed by atoms with Crippen molar-refractivity contribution in [3.8, 4) is 0 Å². The largest absolute Gasteiger partial charge is 0.452 e. The van der Waals surface area contributed by atoms with Crippen molar-refractivity contribution in [1.82, 2.24) is 9.21 Å². The molecule has 0 fully saturated rings. The summed E-state index contributed by atoms with van der Waals surface area (Å²) in [6, 6.07) is 21.9. The first-order valence-corrected chi connectivity index (χ1v) is 16.1. The number of carbonyl (C=O) groups excluding carboxylic acids is 2. The predicted molar refractivity (Wildman–Crippen MR) is 171 cm³/mol. The zero-order valence-corrected chi connectivity index (χ0v) is 26.6. The number of sulfonamides is 1. The second-order valence-electron chi connectivity index (χ2n) is 11.1. The van der Waals surface area contributed by atoms with Crippen LogP contribution >= 0.6 is 0 Å². The molecule has 0 saturated carbocycles. The molecule has 2 amide bonds. The Morgan fingerprint density at radius 2 is 1.39 bits per heavy atom. The zero-order chi connectivity index (χ0) is 32.4. The maximum atomic E-state index is 13.9. The summed E-state index contributed by atoms with van der Waals surface area (Å²) in [6.07, 6.45) is 0.202. The molecule has 0 aliphatic rings. The van der Waals surface area contributed by atoms with Crippen molar-refractivity contribution in [2.24, 2.45) is 5.73 Å². The Labute approximate surface area is 260 Å². The number of amides is 2. The maximum absolute atomic E-state index is 13.9. The van der Waals surface area contributed by atoms with Gasteiger partial charge in [0.1, 0.15) is 0 Å². The number of nitrogens with zero attached hydrogens (tertiary/aromatic N) is 2. The predicted octanol–water partition coefficient (Wildman–Crippen LogP) is 4.34. The molecule has 5 N–H and O–H groups in total. The molecular weight excluding hydrogens is 580 g/mol. The van der Waals surface area contributed by atoms with Gasteiger partial charge in [-0.05, 0) is 75.4 Å². The van der Waals surface area contributed by atoms with Crippen LogP contribution < -0.4 is 11.5 Å². The van der Waals surface area contributed by atoms with Gasteiger partial charge in [0.25, 0.3) is 0 Å². The Balaban J connectivity index is 1.80. The number of rotatable bonds is 14. The van der Waals surface area contributed by atoms with Gasteiger partial charge in [0, 0.05) is 29.7 Å². The van der Waals surface area contributed by atoms with Crippen LogP contribution in [0.5, 0.6) is 0 Å². The SMILES string of the molecule is COC(=O)N(C(=O)[C@@H](N)C(c1ccccc1)c1ccccc1)[C@@H](C)CCC[C@@H](CO)N(C(C)C)S(=O)(=O)c1ccc(N)cc1. The summed E-state index contributed by atoms with van der Waals surface area (Å²) in [5.74, 6) is -1.10. The van der Waals surface area contributed by atoms with E-state index in [1.54, 1.807) is 20.8 Å². The third-order valence-corrected chi connectivity index (χ3v) is 9.85. The van der Waals surface area contributed by atoms with Crippen molar-refractivity contribution in [3.63, 3.8) is 0 Å². The van der Waals surface area contributed by atoms with Gasteiger partial charge in [0.05, 0.1) is 24.7 Å². The summed E-state index contributed by atoms with van der Waals surface area (Å²) in [5.41, 5.74) is 14.5. The van der Waals surface area contributed by atoms with Crippen LogP contribution in [-0.2, 0) is 19.6 Å². The topological polar surface area (TPSA) is 156 Å². The van der Waals surface area contributed by atoms with Gasteiger partial charge in [-0.15, -0.1) is 0 Å². The van der Waals surface area contributed by atoms with Crippen molar-refractivity contribution < 1.29 is 27.9 Å². The van der Waals surface area contributed by atoms with E-state index in [4.69, 9.17) is 16.2 Å². The molecule has 0 unspecified atom stereocenters. The second-order valence-corrected chi connectivity index (χ2v) is 13.0. The second kappa shape index (κ2) is 15.8. The lowest BCUT2D eigenvalue weighted by Gasteiger charge is -2.34. The lowest BCUT2D eigenvalue weighted by Crippen LogP contribution is -2.53. The lowest BCUT2D eigenvalue weighted by molar-refractivity contribution is -0.132. The molecule has 0 radical (unpaired) electrons. The summed E-state index contributed by atoms with van der Waals surface area (Å²) < 4.78 is 33.3. The average Bonchev–Trinajstić information content (AvgIpc) is 3.01. The van der Waals surface area contributed by atoms with E-state index in [1.807, 2.05) is 60.7 Å². The summed E-state index contributed by atoms with van der Waals surface area (Å²) in [4.78, 5) is 28.0. The molecule has 0 heterocycles. The molecular formula is C33H44N4O6S. The molecule has 0 spiro atoms. The van der Waals surface area contributed by atoms with Gasteiger partial charge in [-0.25, -0.2) is 18.1 Å². The highest BCUT2D eigenvalue weighted by Gasteiger charge is 2.37. The van der Waals surface area contributed by atoms with Crippen LogP contribution in [0.2, 0.25) is 0 Å². The molecule has 0 saturated heterocycles. The van der Waals surface area contributed by atoms with Gasteiger partial charge in [-0.3, -0.25) is 4.79 Å². The zero-order valence-electron chi connectivity index (χ0n) is 25.7. The van der Waals surface area contributed by atoms with E-state index >= 15 is 0 Å². The highest BCUT2D eigenvalue weighted by atomic mass is 32.2. The Hall–Kier alpha value is -3.77. The number of nitrogens with two attached hydrogens (primary N) is 2. The van der Waals surface area contributed by atoms with Crippen LogP contribution in [0, 0.1) is 0 Å². The normalized spacial score (nSPS) is 13.9. The molecule has 3 rings (SSSR count). The van der Waals surface area contributed by atoms with Crippen molar-refractivity contribution in [3.05, 3.63) is 96.1 Å². The van der Waals surface area contributed by atoms with E-state index in [2.05, 4.69) is 0 Å². The first kappa shape index (κ1) is 34.7. The molecule has 11 heteroatoms. The first-order chi connectivity index (χ1) is 20.9. The minimum Gasteiger partial charge on any atom is -0.452 e. The monoisotopic (exact) mass is 624 g/mol. The van der Waals surface area contributed by atoms with Crippen LogP contribution in [-0.4, -0.2) is 72.6 Å². The molecule has 3 atom stereocenters. The Bertz CT molecular complexity index is 1410. The number of hydrogen-bond donors (Lipinski definition) is 3. The van der Waals surface area contributed by atoms with E-state index in [0.29, 0.717) is 24.9 Å². The van der Waals surface area contributed by atoms with Crippen molar-refractivity contribution in [2.75, 3.05) is 19.5 Å². The van der Waals surface area contributed by atoms with Gasteiger partial charge in [-0.1, -0.05) is 60.7 Å². The van der Waals surface area contributed by atoms with E-state index in [9.17, 15) is 23.1 Å². The Kier molecular flexibility index (Phi) is 12.5. The Morgan fingerprint density at radius 3 is 1.84 bits per heavy atom. The van der Waals surface area contributed by atoms with E-state index in [1.165, 1.54) is 35.7 Å². The minimum atomic E-state index is -3.94. The number of nitrogen functional groups attached to an aromatic ring is 1. The van der Waals surface area contributed by atoms with Crippen molar-refractivity contribution in [1.29, 1.82) is 0 Å². The average molecular weight is 625 g/mol. The highest BCUT2D eigenvalue weighted by Crippen LogP contribution is 2.30. The summed E-state index contributed by atoms with van der Waals surface area (Å²) in [6.45, 7) is 4.81. The number of hydrogen-bond acceptors (Lipinski definition) is 8. The molecule has 0 aromatic heterocycles. The fourth-order valence-electron chi connectivity index (χ4n) is 5.55. The first-order valence-electron chi connectivity index (χ1n) is 14.7. The van der Waals surface area contributed by atoms with Crippen LogP contribution in [0.25, 0.3) is 0 Å². The van der Waals surface area contributed by atoms with Crippen LogP contribution in [0.1, 0.15) is 57.1 Å². The quantitative estimate of drug-likeness (QED) is 0.224. The molecule has 0 aliphatic carbocycles. The number of ether oxygens (including phenoxy) is 1. The number of imide groups is 1.